The highest BCUT2D eigenvalue weighted by atomic mass is 32.2. The van der Waals surface area contributed by atoms with Gasteiger partial charge in [-0.3, -0.25) is 4.79 Å². The zero-order valence-corrected chi connectivity index (χ0v) is 13.8. The highest BCUT2D eigenvalue weighted by molar-refractivity contribution is 8.03. The summed E-state index contributed by atoms with van der Waals surface area (Å²) in [5.41, 5.74) is 5.79. The fourth-order valence-corrected chi connectivity index (χ4v) is 5.07. The molecule has 2 fully saturated rings. The van der Waals surface area contributed by atoms with Crippen LogP contribution in [-0.2, 0) is 9.59 Å². The maximum atomic E-state index is 12.1. The summed E-state index contributed by atoms with van der Waals surface area (Å²) in [5.74, 6) is -1.33. The predicted molar refractivity (Wildman–Crippen MR) is 86.0 cm³/mol. The number of amides is 1. The van der Waals surface area contributed by atoms with Crippen LogP contribution in [0.1, 0.15) is 19.8 Å². The van der Waals surface area contributed by atoms with Crippen LogP contribution in [0.2, 0.25) is 0 Å². The van der Waals surface area contributed by atoms with E-state index in [1.54, 1.807) is 6.92 Å². The van der Waals surface area contributed by atoms with Gasteiger partial charge >= 0.3 is 5.97 Å². The molecule has 3 aliphatic rings. The molecule has 3 heterocycles. The van der Waals surface area contributed by atoms with Crippen LogP contribution in [-0.4, -0.2) is 62.4 Å². The number of hydrogen-bond donors (Lipinski definition) is 3. The molecular formula is C15H21N3O4S. The van der Waals surface area contributed by atoms with Crippen LogP contribution < -0.4 is 5.73 Å². The summed E-state index contributed by atoms with van der Waals surface area (Å²) >= 11 is 1.52. The number of carboxylic acids is 1. The number of β-lactam (4-membered cyclic amide) rings is 1. The van der Waals surface area contributed by atoms with E-state index in [0.717, 1.165) is 24.4 Å². The maximum Gasteiger partial charge on any atom is 0.353 e. The molecule has 4 unspecified atom stereocenters. The summed E-state index contributed by atoms with van der Waals surface area (Å²) < 4.78 is 0. The largest absolute Gasteiger partial charge is 0.477 e. The minimum Gasteiger partial charge on any atom is -0.477 e. The van der Waals surface area contributed by atoms with Gasteiger partial charge in [-0.05, 0) is 13.3 Å². The Balaban J connectivity index is 1.75. The summed E-state index contributed by atoms with van der Waals surface area (Å²) in [6, 6.07) is -0.224. The van der Waals surface area contributed by atoms with E-state index < -0.39 is 18.0 Å². The van der Waals surface area contributed by atoms with E-state index in [2.05, 4.69) is 6.58 Å². The number of rotatable bonds is 5. The summed E-state index contributed by atoms with van der Waals surface area (Å²) in [6.07, 6.45) is 0.648. The van der Waals surface area contributed by atoms with Crippen molar-refractivity contribution < 1.29 is 19.8 Å². The van der Waals surface area contributed by atoms with Gasteiger partial charge < -0.3 is 25.7 Å². The highest BCUT2D eigenvalue weighted by Gasteiger charge is 2.57. The van der Waals surface area contributed by atoms with Crippen LogP contribution in [0.25, 0.3) is 0 Å². The lowest BCUT2D eigenvalue weighted by Gasteiger charge is -2.44. The number of aliphatic carboxylic acids is 1. The molecule has 0 bridgehead atoms. The van der Waals surface area contributed by atoms with Gasteiger partial charge in [-0.25, -0.2) is 4.79 Å². The van der Waals surface area contributed by atoms with Crippen LogP contribution in [0.3, 0.4) is 0 Å². The molecule has 1 amide bonds. The van der Waals surface area contributed by atoms with E-state index in [0.29, 0.717) is 12.2 Å². The monoisotopic (exact) mass is 339 g/mol. The van der Waals surface area contributed by atoms with Gasteiger partial charge in [-0.15, -0.1) is 11.8 Å². The van der Waals surface area contributed by atoms with Gasteiger partial charge in [0.15, 0.2) is 0 Å². The van der Waals surface area contributed by atoms with E-state index in [1.165, 1.54) is 16.7 Å². The molecule has 0 aliphatic carbocycles. The van der Waals surface area contributed by atoms with E-state index in [1.807, 2.05) is 4.90 Å². The van der Waals surface area contributed by atoms with Crippen molar-refractivity contribution in [2.24, 2.45) is 11.7 Å². The number of carbonyl (C=O) groups excluding carboxylic acids is 1. The van der Waals surface area contributed by atoms with Crippen LogP contribution in [0, 0.1) is 5.92 Å². The number of nitrogens with zero attached hydrogens (tertiary/aromatic N) is 2. The summed E-state index contributed by atoms with van der Waals surface area (Å²) in [7, 11) is 0. The molecule has 3 aliphatic heterocycles. The van der Waals surface area contributed by atoms with Crippen LogP contribution >= 0.6 is 11.8 Å². The van der Waals surface area contributed by atoms with Crippen molar-refractivity contribution in [1.29, 1.82) is 0 Å². The second kappa shape index (κ2) is 5.76. The number of likely N-dealkylation sites (tertiary alicyclic amines) is 1. The highest BCUT2D eigenvalue weighted by Crippen LogP contribution is 2.48. The van der Waals surface area contributed by atoms with Crippen LogP contribution in [0.4, 0.5) is 0 Å². The quantitative estimate of drug-likeness (QED) is 0.611. The fraction of sp³-hybridized carbons (Fsp3) is 0.600. The molecule has 2 saturated heterocycles. The van der Waals surface area contributed by atoms with E-state index in [9.17, 15) is 19.8 Å². The van der Waals surface area contributed by atoms with Gasteiger partial charge in [-0.2, -0.15) is 0 Å². The first kappa shape index (κ1) is 16.2. The molecule has 3 rings (SSSR count). The smallest absolute Gasteiger partial charge is 0.353 e. The van der Waals surface area contributed by atoms with Crippen LogP contribution in [0.5, 0.6) is 0 Å². The average Bonchev–Trinajstić information content (AvgIpc) is 3.02. The number of carbonyl (C=O) groups is 2. The Hall–Kier alpha value is -1.67. The number of fused-ring (bicyclic) bond motifs is 1. The Kier molecular flexibility index (Phi) is 4.05. The van der Waals surface area contributed by atoms with Crippen molar-refractivity contribution in [2.45, 2.75) is 37.2 Å². The zero-order valence-electron chi connectivity index (χ0n) is 12.9. The summed E-state index contributed by atoms with van der Waals surface area (Å²) in [5, 5.41) is 19.5. The lowest BCUT2D eigenvalue weighted by atomic mass is 9.83. The lowest BCUT2D eigenvalue weighted by Crippen LogP contribution is -2.61. The molecule has 23 heavy (non-hydrogen) atoms. The molecule has 0 aromatic heterocycles. The molecule has 8 heteroatoms. The first-order chi connectivity index (χ1) is 10.8. The molecule has 0 aromatic rings. The summed E-state index contributed by atoms with van der Waals surface area (Å²) in [4.78, 5) is 27.8. The molecule has 0 saturated carbocycles. The fourth-order valence-electron chi connectivity index (χ4n) is 3.62. The Labute approximate surface area is 138 Å². The lowest BCUT2D eigenvalue weighted by molar-refractivity contribution is -0.161. The van der Waals surface area contributed by atoms with Crippen molar-refractivity contribution >= 4 is 23.6 Å². The minimum absolute atomic E-state index is 0.0897. The minimum atomic E-state index is -1.08. The second-order valence-corrected chi connectivity index (χ2v) is 7.68. The van der Waals surface area contributed by atoms with Gasteiger partial charge in [0.25, 0.3) is 0 Å². The van der Waals surface area contributed by atoms with E-state index in [4.69, 9.17) is 5.73 Å². The Bertz CT molecular complexity index is 604. The van der Waals surface area contributed by atoms with E-state index in [-0.39, 0.29) is 22.9 Å². The predicted octanol–water partition coefficient (Wildman–Crippen LogP) is 0.132. The number of thioether (sulfide) groups is 1. The van der Waals surface area contributed by atoms with E-state index >= 15 is 0 Å². The van der Waals surface area contributed by atoms with Crippen molar-refractivity contribution in [3.63, 3.8) is 0 Å². The summed E-state index contributed by atoms with van der Waals surface area (Å²) in [6.45, 7) is 6.85. The van der Waals surface area contributed by atoms with Gasteiger partial charge in [0.05, 0.1) is 23.9 Å². The molecule has 126 valence electrons. The first-order valence-electron chi connectivity index (χ1n) is 7.64. The third kappa shape index (κ3) is 2.59. The number of nitrogens with two attached hydrogens (primary N) is 1. The second-order valence-electron chi connectivity index (χ2n) is 6.29. The van der Waals surface area contributed by atoms with Crippen molar-refractivity contribution in [2.75, 3.05) is 13.1 Å². The molecule has 7 nitrogen and oxygen atoms in total. The van der Waals surface area contributed by atoms with Crippen molar-refractivity contribution in [3.8, 4) is 0 Å². The van der Waals surface area contributed by atoms with Crippen molar-refractivity contribution in [1.82, 2.24) is 9.80 Å². The third-order valence-electron chi connectivity index (χ3n) is 4.75. The molecular weight excluding hydrogens is 318 g/mol. The molecule has 0 aromatic carbocycles. The zero-order chi connectivity index (χ0) is 16.9. The van der Waals surface area contributed by atoms with Crippen molar-refractivity contribution in [3.05, 3.63) is 23.0 Å². The SMILES string of the molecule is C=C(N)N1CCC(SC2=C(C(=O)O)N3C(=O)C(C(C)O)C3C2)C1. The topological polar surface area (TPSA) is 107 Å². The van der Waals surface area contributed by atoms with Gasteiger partial charge in [0.1, 0.15) is 5.70 Å². The molecule has 4 atom stereocenters. The van der Waals surface area contributed by atoms with Crippen LogP contribution in [0.15, 0.2) is 23.0 Å². The normalized spacial score (nSPS) is 31.2. The third-order valence-corrected chi connectivity index (χ3v) is 6.11. The number of carboxylic acid groups (broad SMARTS) is 1. The Morgan fingerprint density at radius 3 is 2.74 bits per heavy atom. The number of hydrogen-bond acceptors (Lipinski definition) is 6. The van der Waals surface area contributed by atoms with Gasteiger partial charge in [0, 0.05) is 29.7 Å². The molecule has 0 spiro atoms. The first-order valence-corrected chi connectivity index (χ1v) is 8.52. The maximum absolute atomic E-state index is 12.1. The van der Waals surface area contributed by atoms with Gasteiger partial charge in [-0.1, -0.05) is 6.58 Å². The molecule has 4 N–H and O–H groups in total. The molecule has 0 radical (unpaired) electrons. The standard InChI is InChI=1S/C15H21N3O4S/c1-7(19)12-10-5-11(13(15(21)22)18(10)14(12)20)23-9-3-4-17(6-9)8(2)16/h7,9-10,12,19H,2-6,16H2,1H3,(H,21,22). The van der Waals surface area contributed by atoms with Gasteiger partial charge in [0.2, 0.25) is 5.91 Å². The Morgan fingerprint density at radius 2 is 2.22 bits per heavy atom. The number of aliphatic hydroxyl groups is 1. The Morgan fingerprint density at radius 1 is 1.52 bits per heavy atom. The average molecular weight is 339 g/mol. The number of aliphatic hydroxyl groups excluding tert-OH is 1.